The summed E-state index contributed by atoms with van der Waals surface area (Å²) in [5.41, 5.74) is 9.17. The molecule has 106 valence electrons. The average molecular weight is 294 g/mol. The van der Waals surface area contributed by atoms with Crippen molar-refractivity contribution in [3.05, 3.63) is 65.2 Å². The number of thioether (sulfide) groups is 1. The Morgan fingerprint density at radius 1 is 1.10 bits per heavy atom. The van der Waals surface area contributed by atoms with Crippen molar-refractivity contribution in [1.82, 2.24) is 0 Å². The van der Waals surface area contributed by atoms with Gasteiger partial charge < -0.3 is 5.73 Å². The average Bonchev–Trinajstić information content (AvgIpc) is 3.01. The van der Waals surface area contributed by atoms with Crippen molar-refractivity contribution in [2.75, 3.05) is 5.75 Å². The third-order valence-electron chi connectivity index (χ3n) is 4.02. The van der Waals surface area contributed by atoms with Gasteiger partial charge >= 0.3 is 0 Å². The van der Waals surface area contributed by atoms with Gasteiger partial charge in [0, 0.05) is 10.6 Å². The van der Waals surface area contributed by atoms with Gasteiger partial charge in [-0.3, -0.25) is 0 Å². The molecule has 2 N–H and O–H groups in total. The zero-order valence-corrected chi connectivity index (χ0v) is 12.7. The summed E-state index contributed by atoms with van der Waals surface area (Å²) >= 11 is 1.67. The van der Waals surface area contributed by atoms with Gasteiger partial charge in [0.1, 0.15) is 5.54 Å². The van der Waals surface area contributed by atoms with Crippen LogP contribution in [-0.4, -0.2) is 5.75 Å². The standard InChI is InChI=1S/C18H18N2S/c19-12-18(20,16-7-2-1-3-8-16)13-21-17-10-9-14-5-4-6-15(14)11-17/h1-3,7-11H,4-6,13,20H2. The largest absolute Gasteiger partial charge is 0.309 e. The predicted molar refractivity (Wildman–Crippen MR) is 87.1 cm³/mol. The molecule has 0 aromatic heterocycles. The summed E-state index contributed by atoms with van der Waals surface area (Å²) in [4.78, 5) is 1.21. The van der Waals surface area contributed by atoms with Crippen molar-refractivity contribution in [3.8, 4) is 6.07 Å². The van der Waals surface area contributed by atoms with Crippen LogP contribution >= 0.6 is 11.8 Å². The van der Waals surface area contributed by atoms with Crippen LogP contribution in [0.3, 0.4) is 0 Å². The van der Waals surface area contributed by atoms with Crippen LogP contribution in [0, 0.1) is 11.3 Å². The Morgan fingerprint density at radius 2 is 1.86 bits per heavy atom. The summed E-state index contributed by atoms with van der Waals surface area (Å²) in [6.07, 6.45) is 3.63. The van der Waals surface area contributed by atoms with E-state index in [1.54, 1.807) is 11.8 Å². The van der Waals surface area contributed by atoms with Crippen LogP contribution in [0.2, 0.25) is 0 Å². The van der Waals surface area contributed by atoms with Crippen LogP contribution in [0.25, 0.3) is 0 Å². The third-order valence-corrected chi connectivity index (χ3v) is 5.21. The fourth-order valence-corrected chi connectivity index (χ4v) is 3.77. The number of hydrogen-bond donors (Lipinski definition) is 1. The SMILES string of the molecule is N#CC(N)(CSc1ccc2c(c1)CCC2)c1ccccc1. The van der Waals surface area contributed by atoms with Crippen LogP contribution < -0.4 is 5.73 Å². The molecule has 0 saturated carbocycles. The van der Waals surface area contributed by atoms with E-state index in [0.29, 0.717) is 5.75 Å². The molecule has 1 aliphatic rings. The van der Waals surface area contributed by atoms with Gasteiger partial charge in [-0.25, -0.2) is 0 Å². The first-order chi connectivity index (χ1) is 10.2. The van der Waals surface area contributed by atoms with Crippen LogP contribution in [0.15, 0.2) is 53.4 Å². The van der Waals surface area contributed by atoms with Crippen molar-refractivity contribution in [2.45, 2.75) is 29.7 Å². The van der Waals surface area contributed by atoms with E-state index in [0.717, 1.165) is 5.56 Å². The number of hydrogen-bond acceptors (Lipinski definition) is 3. The van der Waals surface area contributed by atoms with E-state index in [9.17, 15) is 5.26 Å². The second kappa shape index (κ2) is 5.93. The zero-order valence-electron chi connectivity index (χ0n) is 11.9. The fourth-order valence-electron chi connectivity index (χ4n) is 2.75. The van der Waals surface area contributed by atoms with E-state index >= 15 is 0 Å². The van der Waals surface area contributed by atoms with Crippen LogP contribution in [0.1, 0.15) is 23.1 Å². The number of aryl methyl sites for hydroxylation is 2. The quantitative estimate of drug-likeness (QED) is 0.876. The molecule has 0 fully saturated rings. The molecule has 3 heteroatoms. The normalized spacial score (nSPS) is 16.0. The van der Waals surface area contributed by atoms with Gasteiger partial charge in [0.05, 0.1) is 6.07 Å². The number of fused-ring (bicyclic) bond motifs is 1. The fraction of sp³-hybridized carbons (Fsp3) is 0.278. The lowest BCUT2D eigenvalue weighted by Gasteiger charge is -2.21. The van der Waals surface area contributed by atoms with E-state index in [1.165, 1.54) is 35.3 Å². The van der Waals surface area contributed by atoms with Crippen molar-refractivity contribution in [3.63, 3.8) is 0 Å². The third kappa shape index (κ3) is 2.97. The molecular formula is C18H18N2S. The number of nitrogens with zero attached hydrogens (tertiary/aromatic N) is 1. The summed E-state index contributed by atoms with van der Waals surface area (Å²) in [7, 11) is 0. The molecule has 1 unspecified atom stereocenters. The van der Waals surface area contributed by atoms with E-state index in [1.807, 2.05) is 30.3 Å². The molecule has 0 radical (unpaired) electrons. The van der Waals surface area contributed by atoms with Crippen molar-refractivity contribution in [2.24, 2.45) is 5.73 Å². The number of nitrogens with two attached hydrogens (primary N) is 1. The van der Waals surface area contributed by atoms with E-state index < -0.39 is 5.54 Å². The summed E-state index contributed by atoms with van der Waals surface area (Å²) < 4.78 is 0. The molecular weight excluding hydrogens is 276 g/mol. The first-order valence-electron chi connectivity index (χ1n) is 7.21. The molecule has 0 aliphatic heterocycles. The van der Waals surface area contributed by atoms with Crippen molar-refractivity contribution in [1.29, 1.82) is 5.26 Å². The molecule has 0 heterocycles. The zero-order chi connectivity index (χ0) is 14.7. The lowest BCUT2D eigenvalue weighted by Crippen LogP contribution is -2.37. The molecule has 0 spiro atoms. The van der Waals surface area contributed by atoms with Gasteiger partial charge in [-0.2, -0.15) is 5.26 Å². The minimum Gasteiger partial charge on any atom is -0.309 e. The van der Waals surface area contributed by atoms with Gasteiger partial charge in [0.25, 0.3) is 0 Å². The van der Waals surface area contributed by atoms with E-state index in [2.05, 4.69) is 24.3 Å². The summed E-state index contributed by atoms with van der Waals surface area (Å²) in [5.74, 6) is 0.562. The summed E-state index contributed by atoms with van der Waals surface area (Å²) in [5, 5.41) is 9.48. The van der Waals surface area contributed by atoms with Crippen LogP contribution in [0.4, 0.5) is 0 Å². The molecule has 2 nitrogen and oxygen atoms in total. The smallest absolute Gasteiger partial charge is 0.139 e. The molecule has 0 saturated heterocycles. The Bertz CT molecular complexity index is 675. The lowest BCUT2D eigenvalue weighted by atomic mass is 9.95. The maximum absolute atomic E-state index is 9.48. The predicted octanol–water partition coefficient (Wildman–Crippen LogP) is 3.65. The Morgan fingerprint density at radius 3 is 2.62 bits per heavy atom. The molecule has 0 bridgehead atoms. The highest BCUT2D eigenvalue weighted by molar-refractivity contribution is 7.99. The first kappa shape index (κ1) is 14.2. The highest BCUT2D eigenvalue weighted by atomic mass is 32.2. The topological polar surface area (TPSA) is 49.8 Å². The Balaban J connectivity index is 1.75. The molecule has 3 rings (SSSR count). The van der Waals surface area contributed by atoms with E-state index in [-0.39, 0.29) is 0 Å². The maximum Gasteiger partial charge on any atom is 0.139 e. The summed E-state index contributed by atoms with van der Waals surface area (Å²) in [6.45, 7) is 0. The van der Waals surface area contributed by atoms with E-state index in [4.69, 9.17) is 5.73 Å². The Hall–Kier alpha value is -1.76. The van der Waals surface area contributed by atoms with Crippen molar-refractivity contribution >= 4 is 11.8 Å². The molecule has 1 atom stereocenters. The highest BCUT2D eigenvalue weighted by Gasteiger charge is 2.27. The van der Waals surface area contributed by atoms with Crippen LogP contribution in [0.5, 0.6) is 0 Å². The molecule has 1 aliphatic carbocycles. The van der Waals surface area contributed by atoms with Gasteiger partial charge in [-0.05, 0) is 48.1 Å². The number of rotatable bonds is 4. The lowest BCUT2D eigenvalue weighted by molar-refractivity contribution is 0.659. The summed E-state index contributed by atoms with van der Waals surface area (Å²) in [6, 6.07) is 18.5. The van der Waals surface area contributed by atoms with Crippen molar-refractivity contribution < 1.29 is 0 Å². The van der Waals surface area contributed by atoms with Gasteiger partial charge in [0.15, 0.2) is 0 Å². The number of nitriles is 1. The minimum atomic E-state index is -0.940. The highest BCUT2D eigenvalue weighted by Crippen LogP contribution is 2.31. The van der Waals surface area contributed by atoms with Gasteiger partial charge in [0.2, 0.25) is 0 Å². The molecule has 21 heavy (non-hydrogen) atoms. The van der Waals surface area contributed by atoms with Crippen LogP contribution in [-0.2, 0) is 18.4 Å². The minimum absolute atomic E-state index is 0.562. The number of benzene rings is 2. The van der Waals surface area contributed by atoms with Gasteiger partial charge in [-0.1, -0.05) is 36.4 Å². The van der Waals surface area contributed by atoms with Gasteiger partial charge in [-0.15, -0.1) is 11.8 Å². The second-order valence-electron chi connectivity index (χ2n) is 5.52. The Labute approximate surface area is 130 Å². The second-order valence-corrected chi connectivity index (χ2v) is 6.57. The first-order valence-corrected chi connectivity index (χ1v) is 8.20. The molecule has 0 amide bonds. The molecule has 2 aromatic carbocycles. The maximum atomic E-state index is 9.48. The monoisotopic (exact) mass is 294 g/mol. The molecule has 2 aromatic rings. The Kier molecular flexibility index (Phi) is 4.01.